The molecule has 0 bridgehead atoms. The first-order valence-electron chi connectivity index (χ1n) is 6.53. The Hall–Kier alpha value is -1.93. The third-order valence-electron chi connectivity index (χ3n) is 3.10. The summed E-state index contributed by atoms with van der Waals surface area (Å²) in [7, 11) is -3.42. The maximum absolute atomic E-state index is 12.0. The van der Waals surface area contributed by atoms with Gasteiger partial charge in [0.25, 0.3) is 0 Å². The molecule has 0 spiro atoms. The molecule has 1 heterocycles. The zero-order valence-corrected chi connectivity index (χ0v) is 13.8. The van der Waals surface area contributed by atoms with E-state index in [1.54, 1.807) is 24.4 Å². The number of anilines is 1. The number of para-hydroxylation sites is 1. The number of thiazole rings is 1. The Bertz CT molecular complexity index is 850. The van der Waals surface area contributed by atoms with Crippen LogP contribution < -0.4 is 10.2 Å². The fourth-order valence-corrected chi connectivity index (χ4v) is 3.60. The van der Waals surface area contributed by atoms with E-state index in [4.69, 9.17) is 0 Å². The molecule has 0 unspecified atom stereocenters. The van der Waals surface area contributed by atoms with Crippen LogP contribution in [0.4, 0.5) is 5.69 Å². The van der Waals surface area contributed by atoms with Crippen molar-refractivity contribution in [2.24, 2.45) is 0 Å². The topological polar surface area (TPSA) is 85.2 Å². The first-order chi connectivity index (χ1) is 10.3. The van der Waals surface area contributed by atoms with Crippen LogP contribution in [0, 0.1) is 6.92 Å². The fraction of sp³-hybridized carbons (Fsp3) is 0.286. The van der Waals surface area contributed by atoms with E-state index < -0.39 is 9.84 Å². The van der Waals surface area contributed by atoms with Gasteiger partial charge in [-0.25, -0.2) is 8.42 Å². The monoisotopic (exact) mass is 340 g/mol. The van der Waals surface area contributed by atoms with Crippen molar-refractivity contribution >= 4 is 32.8 Å². The summed E-state index contributed by atoms with van der Waals surface area (Å²) in [5, 5.41) is 4.32. The van der Waals surface area contributed by atoms with Crippen LogP contribution in [0.1, 0.15) is 12.1 Å². The molecule has 0 aliphatic heterocycles. The third-order valence-corrected chi connectivity index (χ3v) is 5.14. The summed E-state index contributed by atoms with van der Waals surface area (Å²) in [6, 6.07) is 6.23. The molecule has 2 aromatic rings. The van der Waals surface area contributed by atoms with E-state index in [2.05, 4.69) is 5.32 Å². The number of carbonyl (C=O) groups is 1. The molecule has 22 heavy (non-hydrogen) atoms. The summed E-state index contributed by atoms with van der Waals surface area (Å²) >= 11 is 1.09. The molecule has 6 nitrogen and oxygen atoms in total. The number of sulfone groups is 1. The Morgan fingerprint density at radius 2 is 2.00 bits per heavy atom. The Morgan fingerprint density at radius 3 is 2.59 bits per heavy atom. The van der Waals surface area contributed by atoms with Crippen LogP contribution in [0.3, 0.4) is 0 Å². The van der Waals surface area contributed by atoms with E-state index in [1.165, 1.54) is 16.7 Å². The zero-order valence-electron chi connectivity index (χ0n) is 12.2. The maximum Gasteiger partial charge on any atom is 0.307 e. The predicted octanol–water partition coefficient (Wildman–Crippen LogP) is 1.65. The molecule has 1 aromatic carbocycles. The fourth-order valence-electron chi connectivity index (χ4n) is 1.99. The predicted molar refractivity (Wildman–Crippen MR) is 86.1 cm³/mol. The van der Waals surface area contributed by atoms with Gasteiger partial charge in [0.2, 0.25) is 5.91 Å². The molecule has 0 aliphatic carbocycles. The lowest BCUT2D eigenvalue weighted by atomic mass is 10.3. The van der Waals surface area contributed by atoms with Crippen LogP contribution in [-0.4, -0.2) is 25.1 Å². The second-order valence-electron chi connectivity index (χ2n) is 4.86. The second kappa shape index (κ2) is 6.45. The molecule has 0 fully saturated rings. The van der Waals surface area contributed by atoms with Gasteiger partial charge >= 0.3 is 4.87 Å². The van der Waals surface area contributed by atoms with Gasteiger partial charge in [0.15, 0.2) is 9.84 Å². The minimum atomic E-state index is -3.42. The van der Waals surface area contributed by atoms with E-state index in [0.717, 1.165) is 23.3 Å². The molecule has 1 aromatic heterocycles. The summed E-state index contributed by atoms with van der Waals surface area (Å²) in [6.07, 6.45) is 1.18. The van der Waals surface area contributed by atoms with Gasteiger partial charge in [-0.05, 0) is 19.1 Å². The van der Waals surface area contributed by atoms with E-state index in [-0.39, 0.29) is 34.3 Å². The average molecular weight is 340 g/mol. The Morgan fingerprint density at radius 1 is 1.32 bits per heavy atom. The van der Waals surface area contributed by atoms with Crippen molar-refractivity contribution in [1.82, 2.24) is 4.57 Å². The molecular weight excluding hydrogens is 324 g/mol. The van der Waals surface area contributed by atoms with E-state index in [9.17, 15) is 18.0 Å². The van der Waals surface area contributed by atoms with Crippen LogP contribution in [0.15, 0.2) is 39.3 Å². The van der Waals surface area contributed by atoms with Crippen LogP contribution in [0.5, 0.6) is 0 Å². The van der Waals surface area contributed by atoms with Gasteiger partial charge in [0.05, 0.1) is 10.6 Å². The molecule has 1 N–H and O–H groups in total. The van der Waals surface area contributed by atoms with Gasteiger partial charge in [0.1, 0.15) is 0 Å². The normalized spacial score (nSPS) is 11.4. The molecular formula is C14H16N2O4S2. The Labute approximate surface area is 132 Å². The number of amides is 1. The lowest BCUT2D eigenvalue weighted by molar-refractivity contribution is -0.116. The first kappa shape index (κ1) is 16.4. The van der Waals surface area contributed by atoms with Gasteiger partial charge in [-0.3, -0.25) is 9.59 Å². The van der Waals surface area contributed by atoms with E-state index in [0.29, 0.717) is 0 Å². The van der Waals surface area contributed by atoms with Crippen LogP contribution in [-0.2, 0) is 21.2 Å². The van der Waals surface area contributed by atoms with Crippen molar-refractivity contribution in [2.45, 2.75) is 24.8 Å². The van der Waals surface area contributed by atoms with Crippen LogP contribution in [0.25, 0.3) is 0 Å². The highest BCUT2D eigenvalue weighted by molar-refractivity contribution is 7.90. The molecule has 0 radical (unpaired) electrons. The molecule has 0 atom stereocenters. The Balaban J connectivity index is 2.09. The summed E-state index contributed by atoms with van der Waals surface area (Å²) in [4.78, 5) is 23.5. The van der Waals surface area contributed by atoms with Crippen molar-refractivity contribution in [3.05, 3.63) is 45.0 Å². The van der Waals surface area contributed by atoms with Crippen molar-refractivity contribution in [3.8, 4) is 0 Å². The Kier molecular flexibility index (Phi) is 4.82. The van der Waals surface area contributed by atoms with E-state index in [1.807, 2.05) is 0 Å². The molecule has 0 saturated carbocycles. The lowest BCUT2D eigenvalue weighted by Gasteiger charge is -2.10. The number of aryl methyl sites for hydroxylation is 1. The minimum absolute atomic E-state index is 0.0761. The molecule has 8 heteroatoms. The number of nitrogens with one attached hydrogen (secondary N) is 1. The highest BCUT2D eigenvalue weighted by Crippen LogP contribution is 2.20. The number of nitrogens with zero attached hydrogens (tertiary/aromatic N) is 1. The highest BCUT2D eigenvalue weighted by atomic mass is 32.2. The van der Waals surface area contributed by atoms with Crippen LogP contribution >= 0.6 is 11.3 Å². The maximum atomic E-state index is 12.0. The number of aromatic nitrogens is 1. The molecule has 0 saturated heterocycles. The van der Waals surface area contributed by atoms with Crippen molar-refractivity contribution in [2.75, 3.05) is 11.6 Å². The van der Waals surface area contributed by atoms with Crippen molar-refractivity contribution in [3.63, 3.8) is 0 Å². The van der Waals surface area contributed by atoms with Gasteiger partial charge in [-0.15, -0.1) is 0 Å². The summed E-state index contributed by atoms with van der Waals surface area (Å²) in [5.74, 6) is -0.339. The average Bonchev–Trinajstić information content (AvgIpc) is 2.75. The number of carbonyl (C=O) groups excluding carboxylic acids is 1. The highest BCUT2D eigenvalue weighted by Gasteiger charge is 2.14. The van der Waals surface area contributed by atoms with E-state index >= 15 is 0 Å². The number of rotatable bonds is 5. The smallest absolute Gasteiger partial charge is 0.307 e. The molecule has 2 rings (SSSR count). The van der Waals surface area contributed by atoms with Crippen molar-refractivity contribution < 1.29 is 13.2 Å². The number of benzene rings is 1. The number of hydrogen-bond acceptors (Lipinski definition) is 5. The van der Waals surface area contributed by atoms with Gasteiger partial charge in [-0.1, -0.05) is 23.5 Å². The minimum Gasteiger partial charge on any atom is -0.325 e. The quantitative estimate of drug-likeness (QED) is 0.897. The summed E-state index contributed by atoms with van der Waals surface area (Å²) < 4.78 is 24.9. The third kappa shape index (κ3) is 3.83. The van der Waals surface area contributed by atoms with Crippen molar-refractivity contribution in [1.29, 1.82) is 0 Å². The molecule has 118 valence electrons. The molecule has 0 aliphatic rings. The lowest BCUT2D eigenvalue weighted by Crippen LogP contribution is -2.20. The molecule has 1 amide bonds. The summed E-state index contributed by atoms with van der Waals surface area (Å²) in [6.45, 7) is 2.07. The zero-order chi connectivity index (χ0) is 16.3. The second-order valence-corrected chi connectivity index (χ2v) is 7.67. The SMILES string of the molecule is Cc1csc(=O)n1CCC(=O)Nc1ccccc1S(C)(=O)=O. The number of hydrogen-bond donors (Lipinski definition) is 1. The van der Waals surface area contributed by atoms with Gasteiger partial charge < -0.3 is 9.88 Å². The first-order valence-corrected chi connectivity index (χ1v) is 9.30. The van der Waals surface area contributed by atoms with Gasteiger partial charge in [0, 0.05) is 30.3 Å². The summed E-state index contributed by atoms with van der Waals surface area (Å²) in [5.41, 5.74) is 1.06. The standard InChI is InChI=1S/C14H16N2O4S2/c1-10-9-21-14(18)16(10)8-7-13(17)15-11-5-3-4-6-12(11)22(2,19)20/h3-6,9H,7-8H2,1-2H3,(H,15,17). The van der Waals surface area contributed by atoms with Crippen LogP contribution in [0.2, 0.25) is 0 Å². The van der Waals surface area contributed by atoms with Gasteiger partial charge in [-0.2, -0.15) is 0 Å². The largest absolute Gasteiger partial charge is 0.325 e.